The SMILES string of the molecule is CCCCCCCCCCCCC/C=C/[C@@H](OC)[C@H](CO)NC(=O)COCCOCCN. The van der Waals surface area contributed by atoms with Gasteiger partial charge in [-0.3, -0.25) is 4.79 Å². The minimum Gasteiger partial charge on any atom is -0.394 e. The fourth-order valence-electron chi connectivity index (χ4n) is 3.48. The predicted octanol–water partition coefficient (Wildman–Crippen LogP) is 3.73. The summed E-state index contributed by atoms with van der Waals surface area (Å²) in [6, 6.07) is -0.502. The molecule has 190 valence electrons. The third-order valence-corrected chi connectivity index (χ3v) is 5.38. The van der Waals surface area contributed by atoms with E-state index in [0.717, 1.165) is 12.8 Å². The minimum absolute atomic E-state index is 0.0820. The second-order valence-corrected chi connectivity index (χ2v) is 8.26. The molecule has 7 heteroatoms. The summed E-state index contributed by atoms with van der Waals surface area (Å²) in [6.45, 7) is 3.63. The van der Waals surface area contributed by atoms with Gasteiger partial charge in [0.1, 0.15) is 6.61 Å². The van der Waals surface area contributed by atoms with Crippen LogP contribution < -0.4 is 11.1 Å². The Kier molecular flexibility index (Phi) is 23.9. The number of aliphatic hydroxyl groups is 1. The summed E-state index contributed by atoms with van der Waals surface area (Å²) in [6.07, 6.45) is 19.2. The van der Waals surface area contributed by atoms with E-state index in [1.807, 2.05) is 6.08 Å². The molecule has 0 aliphatic rings. The van der Waals surface area contributed by atoms with Crippen molar-refractivity contribution < 1.29 is 24.1 Å². The van der Waals surface area contributed by atoms with Gasteiger partial charge in [0.25, 0.3) is 0 Å². The van der Waals surface area contributed by atoms with E-state index in [-0.39, 0.29) is 25.2 Å². The van der Waals surface area contributed by atoms with Crippen LogP contribution in [0, 0.1) is 0 Å². The summed E-state index contributed by atoms with van der Waals surface area (Å²) in [5.74, 6) is -0.288. The Bertz CT molecular complexity index is 435. The summed E-state index contributed by atoms with van der Waals surface area (Å²) >= 11 is 0. The van der Waals surface area contributed by atoms with Gasteiger partial charge in [-0.05, 0) is 12.8 Å². The summed E-state index contributed by atoms with van der Waals surface area (Å²) < 4.78 is 15.9. The summed E-state index contributed by atoms with van der Waals surface area (Å²) in [5.41, 5.74) is 5.33. The average Bonchev–Trinajstić information content (AvgIpc) is 2.80. The first-order valence-electron chi connectivity index (χ1n) is 12.6. The van der Waals surface area contributed by atoms with Gasteiger partial charge in [0.15, 0.2) is 0 Å². The zero-order valence-corrected chi connectivity index (χ0v) is 20.7. The van der Waals surface area contributed by atoms with Gasteiger partial charge < -0.3 is 30.4 Å². The van der Waals surface area contributed by atoms with Crippen molar-refractivity contribution in [2.45, 2.75) is 96.1 Å². The van der Waals surface area contributed by atoms with Gasteiger partial charge in [0.05, 0.1) is 38.6 Å². The van der Waals surface area contributed by atoms with Crippen LogP contribution in [-0.4, -0.2) is 69.8 Å². The molecule has 0 saturated carbocycles. The topological polar surface area (TPSA) is 103 Å². The molecule has 0 aromatic carbocycles. The Balaban J connectivity index is 3.85. The van der Waals surface area contributed by atoms with E-state index in [1.165, 1.54) is 64.2 Å². The molecule has 2 atom stereocenters. The van der Waals surface area contributed by atoms with E-state index in [4.69, 9.17) is 19.9 Å². The molecule has 0 bridgehead atoms. The highest BCUT2D eigenvalue weighted by atomic mass is 16.5. The lowest BCUT2D eigenvalue weighted by Gasteiger charge is -2.23. The molecule has 0 aliphatic heterocycles. The smallest absolute Gasteiger partial charge is 0.246 e. The maximum absolute atomic E-state index is 12.0. The highest BCUT2D eigenvalue weighted by Gasteiger charge is 2.20. The molecule has 0 rings (SSSR count). The monoisotopic (exact) mass is 458 g/mol. The molecule has 0 aliphatic carbocycles. The summed E-state index contributed by atoms with van der Waals surface area (Å²) in [5, 5.41) is 12.4. The number of carbonyl (C=O) groups excluding carboxylic acids is 1. The quantitative estimate of drug-likeness (QED) is 0.150. The number of rotatable bonds is 24. The Hall–Kier alpha value is -0.990. The predicted molar refractivity (Wildman–Crippen MR) is 131 cm³/mol. The van der Waals surface area contributed by atoms with Crippen molar-refractivity contribution in [2.75, 3.05) is 46.7 Å². The van der Waals surface area contributed by atoms with Gasteiger partial charge in [-0.1, -0.05) is 83.3 Å². The maximum Gasteiger partial charge on any atom is 0.246 e. The van der Waals surface area contributed by atoms with Crippen molar-refractivity contribution in [1.82, 2.24) is 5.32 Å². The molecule has 0 saturated heterocycles. The first-order valence-corrected chi connectivity index (χ1v) is 12.6. The number of hydrogen-bond donors (Lipinski definition) is 3. The molecule has 32 heavy (non-hydrogen) atoms. The Morgan fingerprint density at radius 3 is 2.09 bits per heavy atom. The highest BCUT2D eigenvalue weighted by Crippen LogP contribution is 2.12. The molecule has 4 N–H and O–H groups in total. The molecule has 0 unspecified atom stereocenters. The number of nitrogens with two attached hydrogens (primary N) is 1. The largest absolute Gasteiger partial charge is 0.394 e. The van der Waals surface area contributed by atoms with Crippen LogP contribution in [0.5, 0.6) is 0 Å². The van der Waals surface area contributed by atoms with Crippen LogP contribution in [0.4, 0.5) is 0 Å². The number of hydrogen-bond acceptors (Lipinski definition) is 6. The lowest BCUT2D eigenvalue weighted by atomic mass is 10.0. The number of ether oxygens (including phenoxy) is 3. The second-order valence-electron chi connectivity index (χ2n) is 8.26. The minimum atomic E-state index is -0.502. The highest BCUT2D eigenvalue weighted by molar-refractivity contribution is 5.77. The molecule has 0 spiro atoms. The standard InChI is InChI=1S/C25H50N2O5/c1-3-4-5-6-7-8-9-10-11-12-13-14-15-16-24(30-2)23(21-28)27-25(29)22-32-20-19-31-18-17-26/h15-16,23-24,28H,3-14,17-22,26H2,1-2H3,(H,27,29)/b16-15+/t23-,24+/m0/s1. The molecule has 7 nitrogen and oxygen atoms in total. The number of unbranched alkanes of at least 4 members (excludes halogenated alkanes) is 11. The zero-order valence-electron chi connectivity index (χ0n) is 20.7. The van der Waals surface area contributed by atoms with Gasteiger partial charge in [0, 0.05) is 13.7 Å². The van der Waals surface area contributed by atoms with Crippen molar-refractivity contribution in [3.8, 4) is 0 Å². The maximum atomic E-state index is 12.0. The fraction of sp³-hybridized carbons (Fsp3) is 0.880. The molecule has 0 aromatic heterocycles. The zero-order chi connectivity index (χ0) is 23.7. The number of aliphatic hydroxyl groups excluding tert-OH is 1. The van der Waals surface area contributed by atoms with Gasteiger partial charge >= 0.3 is 0 Å². The van der Waals surface area contributed by atoms with Crippen LogP contribution in [0.3, 0.4) is 0 Å². The van der Waals surface area contributed by atoms with Crippen molar-refractivity contribution in [2.24, 2.45) is 5.73 Å². The van der Waals surface area contributed by atoms with E-state index in [2.05, 4.69) is 18.3 Å². The number of allylic oxidation sites excluding steroid dienone is 1. The first-order chi connectivity index (χ1) is 15.7. The van der Waals surface area contributed by atoms with E-state index < -0.39 is 6.04 Å². The Morgan fingerprint density at radius 1 is 0.938 bits per heavy atom. The third kappa shape index (κ3) is 19.7. The second kappa shape index (κ2) is 24.6. The summed E-state index contributed by atoms with van der Waals surface area (Å²) in [4.78, 5) is 12.0. The van der Waals surface area contributed by atoms with Crippen molar-refractivity contribution in [3.05, 3.63) is 12.2 Å². The van der Waals surface area contributed by atoms with Crippen molar-refractivity contribution >= 4 is 5.91 Å². The van der Waals surface area contributed by atoms with Gasteiger partial charge in [-0.25, -0.2) is 0 Å². The Morgan fingerprint density at radius 2 is 1.53 bits per heavy atom. The lowest BCUT2D eigenvalue weighted by molar-refractivity contribution is -0.128. The van der Waals surface area contributed by atoms with E-state index in [0.29, 0.717) is 26.4 Å². The molecule has 0 heterocycles. The number of carbonyl (C=O) groups is 1. The van der Waals surface area contributed by atoms with Crippen LogP contribution in [0.15, 0.2) is 12.2 Å². The number of nitrogens with one attached hydrogen (secondary N) is 1. The first kappa shape index (κ1) is 31.0. The van der Waals surface area contributed by atoms with Crippen LogP contribution in [0.2, 0.25) is 0 Å². The Labute approximate surface area is 196 Å². The van der Waals surface area contributed by atoms with Crippen molar-refractivity contribution in [3.63, 3.8) is 0 Å². The third-order valence-electron chi connectivity index (χ3n) is 5.38. The van der Waals surface area contributed by atoms with Crippen LogP contribution in [0.1, 0.15) is 84.0 Å². The van der Waals surface area contributed by atoms with Gasteiger partial charge in [0.2, 0.25) is 5.91 Å². The van der Waals surface area contributed by atoms with Crippen LogP contribution >= 0.6 is 0 Å². The lowest BCUT2D eigenvalue weighted by Crippen LogP contribution is -2.47. The summed E-state index contributed by atoms with van der Waals surface area (Å²) in [7, 11) is 1.58. The molecule has 0 radical (unpaired) electrons. The van der Waals surface area contributed by atoms with E-state index >= 15 is 0 Å². The molecule has 0 fully saturated rings. The van der Waals surface area contributed by atoms with Crippen LogP contribution in [-0.2, 0) is 19.0 Å². The average molecular weight is 459 g/mol. The molecule has 1 amide bonds. The molecular formula is C25H50N2O5. The van der Waals surface area contributed by atoms with Crippen molar-refractivity contribution in [1.29, 1.82) is 0 Å². The molecular weight excluding hydrogens is 408 g/mol. The normalized spacial score (nSPS) is 13.5. The fourth-order valence-corrected chi connectivity index (χ4v) is 3.48. The van der Waals surface area contributed by atoms with Crippen LogP contribution in [0.25, 0.3) is 0 Å². The van der Waals surface area contributed by atoms with Gasteiger partial charge in [-0.2, -0.15) is 0 Å². The number of amides is 1. The molecule has 0 aromatic rings. The number of methoxy groups -OCH3 is 1. The van der Waals surface area contributed by atoms with E-state index in [9.17, 15) is 9.90 Å². The van der Waals surface area contributed by atoms with E-state index in [1.54, 1.807) is 7.11 Å². The van der Waals surface area contributed by atoms with Gasteiger partial charge in [-0.15, -0.1) is 0 Å².